The number of hydrogen-bond donors (Lipinski definition) is 1. The first-order valence-corrected chi connectivity index (χ1v) is 4.30. The molecule has 0 saturated heterocycles. The lowest BCUT2D eigenvalue weighted by molar-refractivity contribution is -0.148. The van der Waals surface area contributed by atoms with Gasteiger partial charge >= 0.3 is 12.3 Å². The van der Waals surface area contributed by atoms with Gasteiger partial charge in [-0.15, -0.1) is 0 Å². The van der Waals surface area contributed by atoms with Crippen LogP contribution in [0.5, 0.6) is 5.75 Å². The van der Waals surface area contributed by atoms with E-state index in [1.54, 1.807) is 0 Å². The lowest BCUT2D eigenvalue weighted by Gasteiger charge is -2.16. The first-order chi connectivity index (χ1) is 7.47. The van der Waals surface area contributed by atoms with Gasteiger partial charge in [-0.2, -0.15) is 8.78 Å². The number of hydrogen-bond acceptors (Lipinski definition) is 3. The maximum Gasteiger partial charge on any atom is 0.340 e. The Morgan fingerprint density at radius 3 is 2.69 bits per heavy atom. The Morgan fingerprint density at radius 1 is 1.44 bits per heavy atom. The van der Waals surface area contributed by atoms with Crippen molar-refractivity contribution in [3.63, 3.8) is 0 Å². The Morgan fingerprint density at radius 2 is 2.12 bits per heavy atom. The fourth-order valence-electron chi connectivity index (χ4n) is 0.906. The number of ether oxygens (including phenoxy) is 1. The highest BCUT2D eigenvalue weighted by Gasteiger charge is 2.41. The van der Waals surface area contributed by atoms with Gasteiger partial charge in [-0.1, -0.05) is 0 Å². The highest BCUT2D eigenvalue weighted by molar-refractivity contribution is 5.28. The standard InChI is InChI=1S/C9H9F4NO2/c10-8(11)9(12,13)5-16-7-3-14-2-1-6(7)4-15/h1-3,8,15H,4-5H2. The highest BCUT2D eigenvalue weighted by atomic mass is 19.3. The molecule has 0 atom stereocenters. The summed E-state index contributed by atoms with van der Waals surface area (Å²) in [5.41, 5.74) is 0.208. The molecule has 0 spiro atoms. The van der Waals surface area contributed by atoms with Crippen LogP contribution in [0.1, 0.15) is 5.56 Å². The van der Waals surface area contributed by atoms with E-state index in [2.05, 4.69) is 9.72 Å². The van der Waals surface area contributed by atoms with Crippen LogP contribution in [0, 0.1) is 0 Å². The van der Waals surface area contributed by atoms with Crippen LogP contribution >= 0.6 is 0 Å². The third kappa shape index (κ3) is 3.06. The van der Waals surface area contributed by atoms with Crippen LogP contribution in [-0.4, -0.2) is 29.0 Å². The third-order valence-corrected chi connectivity index (χ3v) is 1.78. The molecule has 0 saturated carbocycles. The summed E-state index contributed by atoms with van der Waals surface area (Å²) in [6.07, 6.45) is -1.39. The number of aliphatic hydroxyl groups is 1. The minimum atomic E-state index is -4.22. The van der Waals surface area contributed by atoms with E-state index in [0.29, 0.717) is 0 Å². The number of nitrogens with zero attached hydrogens (tertiary/aromatic N) is 1. The minimum Gasteiger partial charge on any atom is -0.485 e. The van der Waals surface area contributed by atoms with E-state index < -0.39 is 25.6 Å². The summed E-state index contributed by atoms with van der Waals surface area (Å²) in [6.45, 7) is -1.90. The zero-order valence-corrected chi connectivity index (χ0v) is 8.04. The SMILES string of the molecule is OCc1ccncc1OCC(F)(F)C(F)F. The molecule has 0 bridgehead atoms. The molecule has 16 heavy (non-hydrogen) atoms. The third-order valence-electron chi connectivity index (χ3n) is 1.78. The molecule has 0 aliphatic carbocycles. The van der Waals surface area contributed by atoms with E-state index in [-0.39, 0.29) is 11.3 Å². The second kappa shape index (κ2) is 5.11. The molecular formula is C9H9F4NO2. The number of aromatic nitrogens is 1. The number of pyridine rings is 1. The topological polar surface area (TPSA) is 42.4 Å². The Hall–Kier alpha value is -1.37. The van der Waals surface area contributed by atoms with E-state index in [0.717, 1.165) is 6.20 Å². The van der Waals surface area contributed by atoms with Crippen molar-refractivity contribution in [2.24, 2.45) is 0 Å². The van der Waals surface area contributed by atoms with E-state index in [1.807, 2.05) is 0 Å². The molecule has 1 aromatic heterocycles. The molecule has 1 heterocycles. The number of alkyl halides is 4. The minimum absolute atomic E-state index is 0.134. The maximum atomic E-state index is 12.5. The van der Waals surface area contributed by atoms with Crippen LogP contribution in [0.15, 0.2) is 18.5 Å². The number of aliphatic hydroxyl groups excluding tert-OH is 1. The van der Waals surface area contributed by atoms with Gasteiger partial charge in [-0.05, 0) is 6.07 Å². The molecule has 1 rings (SSSR count). The molecule has 0 unspecified atom stereocenters. The van der Waals surface area contributed by atoms with Gasteiger partial charge in [0.2, 0.25) is 0 Å². The van der Waals surface area contributed by atoms with E-state index >= 15 is 0 Å². The lowest BCUT2D eigenvalue weighted by atomic mass is 10.2. The molecule has 0 aromatic carbocycles. The van der Waals surface area contributed by atoms with Crippen molar-refractivity contribution < 1.29 is 27.4 Å². The van der Waals surface area contributed by atoms with Crippen LogP contribution in [0.2, 0.25) is 0 Å². The molecule has 0 fully saturated rings. The van der Waals surface area contributed by atoms with Crippen molar-refractivity contribution in [1.29, 1.82) is 0 Å². The second-order valence-electron chi connectivity index (χ2n) is 2.99. The van der Waals surface area contributed by atoms with Crippen LogP contribution in [0.25, 0.3) is 0 Å². The first-order valence-electron chi connectivity index (χ1n) is 4.30. The van der Waals surface area contributed by atoms with Gasteiger partial charge in [0.15, 0.2) is 6.61 Å². The second-order valence-corrected chi connectivity index (χ2v) is 2.99. The molecule has 7 heteroatoms. The molecule has 3 nitrogen and oxygen atoms in total. The Bertz CT molecular complexity index is 346. The van der Waals surface area contributed by atoms with Crippen molar-refractivity contribution in [1.82, 2.24) is 4.98 Å². The highest BCUT2D eigenvalue weighted by Crippen LogP contribution is 2.25. The first kappa shape index (κ1) is 12.7. The zero-order chi connectivity index (χ0) is 12.2. The Balaban J connectivity index is 2.67. The fourth-order valence-corrected chi connectivity index (χ4v) is 0.906. The molecule has 0 aliphatic heterocycles. The molecule has 0 amide bonds. The quantitative estimate of drug-likeness (QED) is 0.797. The molecule has 0 aliphatic rings. The molecular weight excluding hydrogens is 230 g/mol. The summed E-state index contributed by atoms with van der Waals surface area (Å²) in [6, 6.07) is 1.34. The van der Waals surface area contributed by atoms with Crippen LogP contribution in [0.3, 0.4) is 0 Å². The van der Waals surface area contributed by atoms with Crippen molar-refractivity contribution in [3.05, 3.63) is 24.0 Å². The summed E-state index contributed by atoms with van der Waals surface area (Å²) in [5, 5.41) is 8.81. The zero-order valence-electron chi connectivity index (χ0n) is 8.04. The maximum absolute atomic E-state index is 12.5. The predicted molar refractivity (Wildman–Crippen MR) is 46.6 cm³/mol. The summed E-state index contributed by atoms with van der Waals surface area (Å²) in [5.74, 6) is -4.35. The van der Waals surface area contributed by atoms with Crippen molar-refractivity contribution >= 4 is 0 Å². The van der Waals surface area contributed by atoms with Crippen LogP contribution in [0.4, 0.5) is 17.6 Å². The summed E-state index contributed by atoms with van der Waals surface area (Å²) in [7, 11) is 0. The van der Waals surface area contributed by atoms with Gasteiger partial charge in [-0.3, -0.25) is 4.98 Å². The average Bonchev–Trinajstić information content (AvgIpc) is 2.26. The molecule has 0 radical (unpaired) electrons. The summed E-state index contributed by atoms with van der Waals surface area (Å²) >= 11 is 0. The summed E-state index contributed by atoms with van der Waals surface area (Å²) < 4.78 is 53.1. The van der Waals surface area contributed by atoms with Crippen LogP contribution in [-0.2, 0) is 6.61 Å². The van der Waals surface area contributed by atoms with Gasteiger partial charge in [0.1, 0.15) is 5.75 Å². The van der Waals surface area contributed by atoms with Crippen molar-refractivity contribution in [3.8, 4) is 5.75 Å². The van der Waals surface area contributed by atoms with Gasteiger partial charge in [0.05, 0.1) is 12.8 Å². The van der Waals surface area contributed by atoms with Gasteiger partial charge in [0.25, 0.3) is 0 Å². The van der Waals surface area contributed by atoms with E-state index in [4.69, 9.17) is 5.11 Å². The van der Waals surface area contributed by atoms with Gasteiger partial charge in [0, 0.05) is 11.8 Å². The smallest absolute Gasteiger partial charge is 0.340 e. The number of halogens is 4. The Kier molecular flexibility index (Phi) is 4.05. The van der Waals surface area contributed by atoms with E-state index in [1.165, 1.54) is 12.3 Å². The molecule has 1 aromatic rings. The number of rotatable bonds is 5. The fraction of sp³-hybridized carbons (Fsp3) is 0.444. The normalized spacial score (nSPS) is 11.9. The van der Waals surface area contributed by atoms with Gasteiger partial charge in [-0.25, -0.2) is 8.78 Å². The van der Waals surface area contributed by atoms with Crippen molar-refractivity contribution in [2.75, 3.05) is 6.61 Å². The Labute approximate surface area is 88.7 Å². The van der Waals surface area contributed by atoms with Crippen molar-refractivity contribution in [2.45, 2.75) is 19.0 Å². The molecule has 90 valence electrons. The monoisotopic (exact) mass is 239 g/mol. The summed E-state index contributed by atoms with van der Waals surface area (Å²) in [4.78, 5) is 3.57. The lowest BCUT2D eigenvalue weighted by Crippen LogP contribution is -2.33. The average molecular weight is 239 g/mol. The molecule has 1 N–H and O–H groups in total. The largest absolute Gasteiger partial charge is 0.485 e. The van der Waals surface area contributed by atoms with Gasteiger partial charge < -0.3 is 9.84 Å². The van der Waals surface area contributed by atoms with Crippen LogP contribution < -0.4 is 4.74 Å². The predicted octanol–water partition coefficient (Wildman–Crippen LogP) is 1.85. The van der Waals surface area contributed by atoms with E-state index in [9.17, 15) is 17.6 Å².